The number of hydrogen-bond acceptors (Lipinski definition) is 18. The molecule has 6 aromatic heterocycles. The van der Waals surface area contributed by atoms with Crippen molar-refractivity contribution in [1.29, 1.82) is 0 Å². The number of H-pyrrole nitrogens is 3. The SMILES string of the molecule is O=C(O)c1cccc(CCl)c1.O=CO[O-].O=P(Cl)(Cl)Cl.[C-]#[N+]c1c(-c2cccs2)[nH]c(=S)[nH]c1=O.[C-]#[N+]c1c(-c2cccs2)nc(SCc2cccc(C(=O)O)c2)[nH]c1=O.[C-]#[N+]c1c(Cl)nc(SCc2cccc(C(=O)O)c2)nc1-c1cccs1.[H-].[K+].[K+]. The Morgan fingerprint density at radius 2 is 1.07 bits per heavy atom. The summed E-state index contributed by atoms with van der Waals surface area (Å²) in [7, 11) is 0. The molecule has 0 atom stereocenters. The summed E-state index contributed by atoms with van der Waals surface area (Å²) < 4.78 is 9.74. The summed E-state index contributed by atoms with van der Waals surface area (Å²) in [6.45, 7) is 21.3. The monoisotopic (exact) mass is 1450 g/mol. The largest absolute Gasteiger partial charge is 1.00 e. The first kappa shape index (κ1) is 78.9. The zero-order chi connectivity index (χ0) is 62.6. The fourth-order valence-electron chi connectivity index (χ4n) is 6.22. The van der Waals surface area contributed by atoms with Gasteiger partial charge >= 0.3 is 126 Å². The van der Waals surface area contributed by atoms with Crippen LogP contribution in [0.5, 0.6) is 0 Å². The van der Waals surface area contributed by atoms with Crippen molar-refractivity contribution in [2.45, 2.75) is 27.7 Å². The topological polar surface area (TPSA) is 312 Å². The van der Waals surface area contributed by atoms with E-state index >= 15 is 0 Å². The van der Waals surface area contributed by atoms with Gasteiger partial charge in [-0.2, -0.15) is 0 Å². The Labute approximate surface area is 630 Å². The molecular formula is C52H35Cl5K2N9O12PS6. The number of aromatic amines is 3. The van der Waals surface area contributed by atoms with E-state index in [9.17, 15) is 28.5 Å². The molecule has 0 aliphatic heterocycles. The van der Waals surface area contributed by atoms with Gasteiger partial charge in [-0.3, -0.25) is 18.9 Å². The number of nitrogens with one attached hydrogen (secondary N) is 3. The van der Waals surface area contributed by atoms with E-state index in [1.54, 1.807) is 54.6 Å². The van der Waals surface area contributed by atoms with Gasteiger partial charge in [0.2, 0.25) is 5.69 Å². The second-order valence-electron chi connectivity index (χ2n) is 15.3. The van der Waals surface area contributed by atoms with Gasteiger partial charge in [0, 0.05) is 32.0 Å². The van der Waals surface area contributed by atoms with E-state index in [2.05, 4.69) is 83.0 Å². The number of carbonyl (C=O) groups is 4. The van der Waals surface area contributed by atoms with Crippen molar-refractivity contribution in [2.24, 2.45) is 0 Å². The number of rotatable bonds is 14. The Hall–Kier alpha value is -4.22. The molecular weight excluding hydrogens is 1420 g/mol. The standard InChI is InChI=1S/C17H10ClN3O2S2.C17H11N3O3S2.C9H5N3OS2.C8H7ClO2.CH2O3.Cl3OP.2K.H/c1-19-14-13(12-6-3-7-24-12)20-17(21-15(14)18)25-9-10-4-2-5-11(8-10)16(22)23;1-18-14-13(12-6-3-7-24-12)19-17(20-15(14)21)25-9-10-4-2-5-11(8-10)16(22)23;1-10-7-6(5-3-2-4-15-5)11-9(14)12-8(7)13;9-5-6-2-1-3-7(4-6)8(10)11;2-1-4-3;1-5(2,3)4;;;/h2-8H,9H2,(H,22,23);2-8H,9H2,(H,22,23)(H,19,20,21);2-4H,(H2,11,12,13,14);1-4H,5H2,(H,10,11);1,3H;;;;/q;;;;;;2*+1;-1/p-1. The molecule has 438 valence electrons. The summed E-state index contributed by atoms with van der Waals surface area (Å²) in [6, 6.07) is 31.0. The quantitative estimate of drug-likeness (QED) is 0.00504. The van der Waals surface area contributed by atoms with Crippen LogP contribution < -0.4 is 119 Å². The number of carboxylic acid groups (broad SMARTS) is 3. The predicted octanol–water partition coefficient (Wildman–Crippen LogP) is 9.64. The Morgan fingerprint density at radius 1 is 0.655 bits per heavy atom. The van der Waals surface area contributed by atoms with Crippen molar-refractivity contribution in [2.75, 3.05) is 0 Å². The van der Waals surface area contributed by atoms with Crippen molar-refractivity contribution in [1.82, 2.24) is 29.9 Å². The number of carbonyl (C=O) groups excluding carboxylic acids is 1. The van der Waals surface area contributed by atoms with Gasteiger partial charge in [-0.25, -0.2) is 43.9 Å². The minimum Gasteiger partial charge on any atom is -1.00 e. The van der Waals surface area contributed by atoms with Gasteiger partial charge < -0.3 is 41.8 Å². The molecule has 87 heavy (non-hydrogen) atoms. The molecule has 0 fully saturated rings. The minimum absolute atomic E-state index is 0. The van der Waals surface area contributed by atoms with Gasteiger partial charge in [-0.15, -0.1) is 45.6 Å². The number of carboxylic acids is 3. The van der Waals surface area contributed by atoms with Gasteiger partial charge in [0.05, 0.1) is 53.5 Å². The van der Waals surface area contributed by atoms with E-state index in [1.807, 2.05) is 64.7 Å². The maximum absolute atomic E-state index is 12.1. The maximum Gasteiger partial charge on any atom is 1.00 e. The van der Waals surface area contributed by atoms with Gasteiger partial charge in [0.1, 0.15) is 5.15 Å². The van der Waals surface area contributed by atoms with Crippen LogP contribution in [0.15, 0.2) is 145 Å². The Balaban J connectivity index is 0.000000573. The smallest absolute Gasteiger partial charge is 1.00 e. The summed E-state index contributed by atoms with van der Waals surface area (Å²) in [5, 5.41) is 38.5. The zero-order valence-corrected chi connectivity index (χ0v) is 60.1. The van der Waals surface area contributed by atoms with Crippen LogP contribution in [-0.4, -0.2) is 69.6 Å². The Kier molecular flexibility index (Phi) is 37.4. The van der Waals surface area contributed by atoms with Crippen molar-refractivity contribution >= 4 is 173 Å². The predicted molar refractivity (Wildman–Crippen MR) is 335 cm³/mol. The molecule has 9 rings (SSSR count). The third-order valence-corrected chi connectivity index (χ3v) is 15.0. The van der Waals surface area contributed by atoms with Crippen LogP contribution in [0.4, 0.5) is 17.1 Å². The molecule has 0 saturated carbocycles. The number of nitrogens with zero attached hydrogens (tertiary/aromatic N) is 6. The van der Waals surface area contributed by atoms with Crippen molar-refractivity contribution in [3.63, 3.8) is 0 Å². The Bertz CT molecular complexity index is 4150. The second kappa shape index (κ2) is 41.2. The normalized spacial score (nSPS) is 9.78. The second-order valence-corrected chi connectivity index (χ2v) is 27.7. The van der Waals surface area contributed by atoms with Gasteiger partial charge in [0.15, 0.2) is 15.1 Å². The number of halogens is 5. The molecule has 0 unspecified atom stereocenters. The van der Waals surface area contributed by atoms with E-state index in [-0.39, 0.29) is 154 Å². The van der Waals surface area contributed by atoms with E-state index in [1.165, 1.54) is 63.6 Å². The molecule has 9 aromatic rings. The van der Waals surface area contributed by atoms with Crippen LogP contribution >= 0.6 is 132 Å². The van der Waals surface area contributed by atoms with E-state index in [4.69, 9.17) is 80.5 Å². The number of hydrogen-bond donors (Lipinski definition) is 6. The van der Waals surface area contributed by atoms with Crippen molar-refractivity contribution in [3.8, 4) is 31.7 Å². The minimum atomic E-state index is -3.22. The van der Waals surface area contributed by atoms with E-state index < -0.39 is 34.2 Å². The average Bonchev–Trinajstić information content (AvgIpc) is 1.71. The number of aromatic carboxylic acids is 3. The Morgan fingerprint density at radius 3 is 1.48 bits per heavy atom. The van der Waals surface area contributed by atoms with Crippen LogP contribution in [0.1, 0.15) is 49.2 Å². The number of aromatic nitrogens is 6. The molecule has 21 nitrogen and oxygen atoms in total. The summed E-state index contributed by atoms with van der Waals surface area (Å²) >= 11 is 37.3. The first-order valence-electron chi connectivity index (χ1n) is 22.6. The van der Waals surface area contributed by atoms with Crippen molar-refractivity contribution in [3.05, 3.63) is 224 Å². The summed E-state index contributed by atoms with van der Waals surface area (Å²) in [5.41, 5.74) is 3.92. The van der Waals surface area contributed by atoms with Crippen LogP contribution in [0.2, 0.25) is 5.15 Å². The molecule has 3 aromatic carbocycles. The molecule has 6 N–H and O–H groups in total. The zero-order valence-electron chi connectivity index (χ0n) is 45.3. The number of thiophene rings is 3. The molecule has 0 radical (unpaired) electrons. The molecule has 0 bridgehead atoms. The van der Waals surface area contributed by atoms with Crippen LogP contribution in [0.3, 0.4) is 0 Å². The maximum atomic E-state index is 12.1. The van der Waals surface area contributed by atoms with Gasteiger partial charge in [-0.05, 0) is 133 Å². The van der Waals surface area contributed by atoms with Crippen LogP contribution in [-0.2, 0) is 31.6 Å². The summed E-state index contributed by atoms with van der Waals surface area (Å²) in [6.07, 6.45) is 0. The molecule has 0 amide bonds. The van der Waals surface area contributed by atoms with E-state index in [0.29, 0.717) is 44.8 Å². The van der Waals surface area contributed by atoms with Crippen LogP contribution in [0.25, 0.3) is 46.2 Å². The number of alkyl halides is 1. The first-order valence-corrected chi connectivity index (χ1v) is 32.9. The fourth-order valence-corrected chi connectivity index (χ4v) is 10.6. The molecule has 0 spiro atoms. The molecule has 6 heterocycles. The molecule has 0 aliphatic rings. The van der Waals surface area contributed by atoms with Gasteiger partial charge in [-0.1, -0.05) is 89.7 Å². The molecule has 0 aliphatic carbocycles. The third-order valence-electron chi connectivity index (χ3n) is 9.68. The average molecular weight is 1460 g/mol. The summed E-state index contributed by atoms with van der Waals surface area (Å²) in [4.78, 5) is 101. The third kappa shape index (κ3) is 27.4. The first-order chi connectivity index (χ1) is 40.5. The number of thioether (sulfide) groups is 2. The van der Waals surface area contributed by atoms with Crippen LogP contribution in [0, 0.1) is 24.5 Å². The fraction of sp³-hybridized carbons (Fsp3) is 0.0577. The number of benzene rings is 3. The molecule has 35 heteroatoms. The van der Waals surface area contributed by atoms with Crippen molar-refractivity contribution < 1.29 is 153 Å². The van der Waals surface area contributed by atoms with E-state index in [0.717, 1.165) is 31.3 Å². The summed E-state index contributed by atoms with van der Waals surface area (Å²) in [5.74, 6) is -1.57. The molecule has 0 saturated heterocycles. The van der Waals surface area contributed by atoms with Gasteiger partial charge in [0.25, 0.3) is 29.0 Å².